The van der Waals surface area contributed by atoms with Crippen LogP contribution in [0.4, 0.5) is 0 Å². The van der Waals surface area contributed by atoms with Crippen molar-refractivity contribution in [3.63, 3.8) is 0 Å². The van der Waals surface area contributed by atoms with Crippen molar-refractivity contribution in [2.75, 3.05) is 40.3 Å². The molecule has 0 bridgehead atoms. The molecule has 1 rings (SSSR count). The van der Waals surface area contributed by atoms with Gasteiger partial charge in [-0.2, -0.15) is 0 Å². The maximum atomic E-state index is 11.7. The zero-order valence-corrected chi connectivity index (χ0v) is 14.4. The molecule has 0 saturated carbocycles. The zero-order valence-electron chi connectivity index (χ0n) is 14.4. The highest BCUT2D eigenvalue weighted by molar-refractivity contribution is 5.79. The highest BCUT2D eigenvalue weighted by atomic mass is 16.5. The van der Waals surface area contributed by atoms with Crippen LogP contribution in [0.15, 0.2) is 0 Å². The molecule has 1 aliphatic rings. The molecule has 0 radical (unpaired) electrons. The molecule has 21 heavy (non-hydrogen) atoms. The molecule has 3 unspecified atom stereocenters. The van der Waals surface area contributed by atoms with Crippen LogP contribution in [-0.4, -0.2) is 67.7 Å². The molecule has 0 aromatic rings. The molecular weight excluding hydrogens is 266 g/mol. The number of carbonyl (C=O) groups excluding carboxylic acids is 1. The Hall–Kier alpha value is -0.650. The molecule has 5 heteroatoms. The molecule has 0 aromatic heterocycles. The number of likely N-dealkylation sites (tertiary alicyclic amines) is 1. The molecule has 0 amide bonds. The minimum atomic E-state index is -0.847. The molecular formula is C16H33N3O2. The fourth-order valence-corrected chi connectivity index (χ4v) is 3.13. The lowest BCUT2D eigenvalue weighted by Crippen LogP contribution is -2.46. The average molecular weight is 299 g/mol. The number of ether oxygens (including phenoxy) is 1. The third kappa shape index (κ3) is 5.57. The van der Waals surface area contributed by atoms with Gasteiger partial charge in [-0.25, -0.2) is 0 Å². The smallest absolute Gasteiger partial charge is 0.325 e. The van der Waals surface area contributed by atoms with Crippen molar-refractivity contribution in [3.8, 4) is 0 Å². The molecule has 3 atom stereocenters. The van der Waals surface area contributed by atoms with Gasteiger partial charge in [0, 0.05) is 19.1 Å². The number of nitrogens with two attached hydrogens (primary N) is 1. The number of likely N-dealkylation sites (N-methyl/N-ethyl adjacent to an activating group) is 1. The summed E-state index contributed by atoms with van der Waals surface area (Å²) >= 11 is 0. The minimum absolute atomic E-state index is 0.285. The Kier molecular flexibility index (Phi) is 7.10. The second-order valence-electron chi connectivity index (χ2n) is 6.86. The van der Waals surface area contributed by atoms with Gasteiger partial charge in [0.1, 0.15) is 5.54 Å². The highest BCUT2D eigenvalue weighted by Crippen LogP contribution is 2.21. The average Bonchev–Trinajstić information content (AvgIpc) is 2.76. The van der Waals surface area contributed by atoms with E-state index in [1.807, 2.05) is 6.92 Å². The molecule has 0 aromatic carbocycles. The monoisotopic (exact) mass is 299 g/mol. The Bertz CT molecular complexity index is 331. The molecule has 0 aliphatic carbocycles. The number of rotatable bonds is 8. The van der Waals surface area contributed by atoms with Crippen molar-refractivity contribution in [1.29, 1.82) is 0 Å². The summed E-state index contributed by atoms with van der Waals surface area (Å²) in [6.45, 7) is 9.69. The van der Waals surface area contributed by atoms with Crippen molar-refractivity contribution >= 4 is 5.97 Å². The lowest BCUT2D eigenvalue weighted by atomic mass is 9.96. The molecule has 1 heterocycles. The zero-order chi connectivity index (χ0) is 16.0. The van der Waals surface area contributed by atoms with Crippen LogP contribution in [0.5, 0.6) is 0 Å². The van der Waals surface area contributed by atoms with E-state index in [1.165, 1.54) is 6.54 Å². The summed E-state index contributed by atoms with van der Waals surface area (Å²) in [6.07, 6.45) is 2.73. The van der Waals surface area contributed by atoms with E-state index in [-0.39, 0.29) is 5.97 Å². The Labute approximate surface area is 129 Å². The Balaban J connectivity index is 2.24. The summed E-state index contributed by atoms with van der Waals surface area (Å²) in [6, 6.07) is 0.657. The van der Waals surface area contributed by atoms with E-state index in [1.54, 1.807) is 6.92 Å². The maximum Gasteiger partial charge on any atom is 0.325 e. The summed E-state index contributed by atoms with van der Waals surface area (Å²) in [5.41, 5.74) is 5.18. The largest absolute Gasteiger partial charge is 0.465 e. The van der Waals surface area contributed by atoms with E-state index in [9.17, 15) is 4.79 Å². The lowest BCUT2D eigenvalue weighted by Gasteiger charge is -2.23. The molecule has 2 N–H and O–H groups in total. The van der Waals surface area contributed by atoms with Gasteiger partial charge >= 0.3 is 5.97 Å². The lowest BCUT2D eigenvalue weighted by molar-refractivity contribution is -0.149. The van der Waals surface area contributed by atoms with Crippen molar-refractivity contribution in [2.45, 2.75) is 51.6 Å². The van der Waals surface area contributed by atoms with E-state index in [0.717, 1.165) is 31.8 Å². The minimum Gasteiger partial charge on any atom is -0.465 e. The topological polar surface area (TPSA) is 58.8 Å². The highest BCUT2D eigenvalue weighted by Gasteiger charge is 2.31. The molecule has 1 aliphatic heterocycles. The fourth-order valence-electron chi connectivity index (χ4n) is 3.13. The van der Waals surface area contributed by atoms with Gasteiger partial charge in [0.15, 0.2) is 0 Å². The van der Waals surface area contributed by atoms with Gasteiger partial charge in [-0.3, -0.25) is 4.79 Å². The summed E-state index contributed by atoms with van der Waals surface area (Å²) in [5, 5.41) is 0. The van der Waals surface area contributed by atoms with Gasteiger partial charge in [0.25, 0.3) is 0 Å². The Morgan fingerprint density at radius 2 is 2.05 bits per heavy atom. The number of carbonyl (C=O) groups is 1. The van der Waals surface area contributed by atoms with Crippen molar-refractivity contribution in [3.05, 3.63) is 0 Å². The first-order valence-electron chi connectivity index (χ1n) is 8.12. The van der Waals surface area contributed by atoms with E-state index < -0.39 is 5.54 Å². The van der Waals surface area contributed by atoms with Crippen LogP contribution in [0.2, 0.25) is 0 Å². The summed E-state index contributed by atoms with van der Waals surface area (Å²) in [7, 11) is 4.31. The van der Waals surface area contributed by atoms with Gasteiger partial charge in [0.05, 0.1) is 6.61 Å². The number of hydrogen-bond acceptors (Lipinski definition) is 5. The van der Waals surface area contributed by atoms with Gasteiger partial charge < -0.3 is 20.3 Å². The van der Waals surface area contributed by atoms with Crippen LogP contribution in [0.1, 0.15) is 40.0 Å². The normalized spacial score (nSPS) is 26.0. The van der Waals surface area contributed by atoms with E-state index >= 15 is 0 Å². The van der Waals surface area contributed by atoms with E-state index in [2.05, 4.69) is 30.8 Å². The first-order valence-corrected chi connectivity index (χ1v) is 8.12. The van der Waals surface area contributed by atoms with E-state index in [4.69, 9.17) is 10.5 Å². The van der Waals surface area contributed by atoms with Crippen molar-refractivity contribution in [2.24, 2.45) is 11.7 Å². The third-order valence-corrected chi connectivity index (χ3v) is 4.47. The van der Waals surface area contributed by atoms with Crippen LogP contribution in [0.25, 0.3) is 0 Å². The van der Waals surface area contributed by atoms with E-state index in [0.29, 0.717) is 19.1 Å². The first-order chi connectivity index (χ1) is 9.77. The van der Waals surface area contributed by atoms with Crippen molar-refractivity contribution < 1.29 is 9.53 Å². The molecule has 1 fully saturated rings. The second kappa shape index (κ2) is 8.11. The summed E-state index contributed by atoms with van der Waals surface area (Å²) < 4.78 is 5.01. The van der Waals surface area contributed by atoms with Gasteiger partial charge in [0.2, 0.25) is 0 Å². The Morgan fingerprint density at radius 3 is 2.57 bits per heavy atom. The molecule has 124 valence electrons. The number of hydrogen-bond donors (Lipinski definition) is 1. The number of nitrogens with zero attached hydrogens (tertiary/aromatic N) is 2. The summed E-state index contributed by atoms with van der Waals surface area (Å²) in [4.78, 5) is 16.6. The fraction of sp³-hybridized carbons (Fsp3) is 0.938. The Morgan fingerprint density at radius 1 is 1.38 bits per heavy atom. The van der Waals surface area contributed by atoms with Crippen LogP contribution < -0.4 is 5.73 Å². The number of esters is 1. The molecule has 0 spiro atoms. The van der Waals surface area contributed by atoms with Crippen LogP contribution >= 0.6 is 0 Å². The molecule has 1 saturated heterocycles. The molecule has 5 nitrogen and oxygen atoms in total. The summed E-state index contributed by atoms with van der Waals surface area (Å²) in [5.74, 6) is 0.437. The van der Waals surface area contributed by atoms with Crippen LogP contribution in [0.3, 0.4) is 0 Å². The first kappa shape index (κ1) is 18.4. The second-order valence-corrected chi connectivity index (χ2v) is 6.86. The SMILES string of the molecule is CCOC(=O)C(C)(N)CCCCN1CC(C)C(N(C)C)C1. The maximum absolute atomic E-state index is 11.7. The standard InChI is InChI=1S/C16H33N3O2/c1-6-21-15(20)16(3,17)9-7-8-10-19-11-13(2)14(12-19)18(4)5/h13-14H,6-12,17H2,1-5H3. The predicted molar refractivity (Wildman–Crippen MR) is 86.2 cm³/mol. The predicted octanol–water partition coefficient (Wildman–Crippen LogP) is 1.32. The third-order valence-electron chi connectivity index (χ3n) is 4.47. The van der Waals surface area contributed by atoms with Gasteiger partial charge in [-0.05, 0) is 59.7 Å². The van der Waals surface area contributed by atoms with Gasteiger partial charge in [-0.1, -0.05) is 6.92 Å². The van der Waals surface area contributed by atoms with Crippen LogP contribution in [0, 0.1) is 5.92 Å². The van der Waals surface area contributed by atoms with Crippen molar-refractivity contribution in [1.82, 2.24) is 9.80 Å². The quantitative estimate of drug-likeness (QED) is 0.541. The van der Waals surface area contributed by atoms with Gasteiger partial charge in [-0.15, -0.1) is 0 Å². The number of unbranched alkanes of at least 4 members (excludes halogenated alkanes) is 1. The van der Waals surface area contributed by atoms with Crippen LogP contribution in [-0.2, 0) is 9.53 Å².